The van der Waals surface area contributed by atoms with E-state index >= 15 is 0 Å². The van der Waals surface area contributed by atoms with E-state index in [9.17, 15) is 39.9 Å². The molecular formula is C98H101N9O14. The summed E-state index contributed by atoms with van der Waals surface area (Å²) < 4.78 is 30.0. The summed E-state index contributed by atoms with van der Waals surface area (Å²) in [6.45, 7) is 13.6. The molecule has 121 heavy (non-hydrogen) atoms. The van der Waals surface area contributed by atoms with Crippen molar-refractivity contribution in [1.82, 2.24) is 24.6 Å². The summed E-state index contributed by atoms with van der Waals surface area (Å²) in [7, 11) is 8.07. The molecule has 12 aromatic carbocycles. The molecule has 0 unspecified atom stereocenters. The summed E-state index contributed by atoms with van der Waals surface area (Å²) in [5, 5.41) is 42.1. The number of carbonyl (C=O) groups excluding carboxylic acids is 2. The van der Waals surface area contributed by atoms with Gasteiger partial charge in [0.1, 0.15) is 17.3 Å². The second-order valence-corrected chi connectivity index (χ2v) is 29.0. The first-order chi connectivity index (χ1) is 58.6. The van der Waals surface area contributed by atoms with Crippen molar-refractivity contribution >= 4 is 56.7 Å². The van der Waals surface area contributed by atoms with Crippen molar-refractivity contribution in [1.29, 1.82) is 0 Å². The van der Waals surface area contributed by atoms with Crippen molar-refractivity contribution in [2.24, 2.45) is 0 Å². The molecule has 2 aromatic heterocycles. The van der Waals surface area contributed by atoms with Crippen LogP contribution in [0.2, 0.25) is 0 Å². The third-order valence-electron chi connectivity index (χ3n) is 20.6. The molecule has 1 amide bonds. The van der Waals surface area contributed by atoms with Crippen LogP contribution in [0, 0.1) is 65.0 Å². The monoisotopic (exact) mass is 1630 g/mol. The normalized spacial score (nSPS) is 10.8. The molecule has 0 atom stereocenters. The molecule has 0 aliphatic carbocycles. The van der Waals surface area contributed by atoms with Crippen LogP contribution in [-0.2, 0) is 62.5 Å². The van der Waals surface area contributed by atoms with Crippen molar-refractivity contribution in [3.63, 3.8) is 0 Å². The molecular weight excluding hydrogens is 1530 g/mol. The SMILES string of the molecule is COCCCc1cc(-c2ccccc2)c(C)cc1[N+](=O)[O-].COCCCc1cc(-c2ccccc2)c(C)cc1[N+](=O)[O-].COCCn1c(Cc2cccc(C(=O)NO)c2)nc2cc(C)c(-c3ccccc3)cc21.COCCn1c(Cc2cccc(C(=O)OC)c2)nc2cc(C)c(-c3ccccc3)cc21.Cc1cc([N+](=O)[O-])c(N)cc1-c1ccccc1. The lowest BCUT2D eigenvalue weighted by molar-refractivity contribution is -0.385. The molecule has 0 saturated heterocycles. The Morgan fingerprint density at radius 1 is 0.397 bits per heavy atom. The quantitative estimate of drug-likeness (QED) is 0.0102. The van der Waals surface area contributed by atoms with Gasteiger partial charge in [0, 0.05) is 102 Å². The van der Waals surface area contributed by atoms with E-state index in [4.69, 9.17) is 44.6 Å². The number of nitro benzene ring substituents is 3. The summed E-state index contributed by atoms with van der Waals surface area (Å²) in [5.74, 6) is 0.979. The molecule has 23 nitrogen and oxygen atoms in total. The zero-order chi connectivity index (χ0) is 86.5. The van der Waals surface area contributed by atoms with Gasteiger partial charge in [0.2, 0.25) is 0 Å². The molecule has 622 valence electrons. The number of nitrogens with one attached hydrogen (secondary N) is 1. The van der Waals surface area contributed by atoms with Gasteiger partial charge in [0.05, 0.1) is 62.7 Å². The average Bonchev–Trinajstić information content (AvgIpc) is 1.63. The number of fused-ring (bicyclic) bond motifs is 2. The number of amides is 1. The lowest BCUT2D eigenvalue weighted by Gasteiger charge is -2.11. The number of esters is 1. The fraction of sp³-hybridized carbons (Fsp3) is 0.224. The Morgan fingerprint density at radius 2 is 0.719 bits per heavy atom. The van der Waals surface area contributed by atoms with Gasteiger partial charge in [-0.15, -0.1) is 0 Å². The summed E-state index contributed by atoms with van der Waals surface area (Å²) in [6, 6.07) is 84.1. The van der Waals surface area contributed by atoms with Gasteiger partial charge in [-0.2, -0.15) is 0 Å². The lowest BCUT2D eigenvalue weighted by Crippen LogP contribution is -2.18. The van der Waals surface area contributed by atoms with Crippen molar-refractivity contribution in [2.45, 2.75) is 86.2 Å². The van der Waals surface area contributed by atoms with Crippen molar-refractivity contribution in [2.75, 3.05) is 67.7 Å². The van der Waals surface area contributed by atoms with E-state index in [1.54, 1.807) is 76.4 Å². The van der Waals surface area contributed by atoms with E-state index in [0.29, 0.717) is 76.3 Å². The molecule has 0 bridgehead atoms. The van der Waals surface area contributed by atoms with Crippen LogP contribution in [0.1, 0.15) is 95.3 Å². The maximum absolute atomic E-state index is 11.9. The van der Waals surface area contributed by atoms with Crippen LogP contribution in [-0.4, -0.2) is 113 Å². The van der Waals surface area contributed by atoms with Gasteiger partial charge in [-0.05, 0) is 222 Å². The number of aromatic nitrogens is 4. The van der Waals surface area contributed by atoms with Gasteiger partial charge in [-0.25, -0.2) is 20.2 Å². The van der Waals surface area contributed by atoms with Crippen LogP contribution in [0.3, 0.4) is 0 Å². The number of hydroxylamine groups is 1. The van der Waals surface area contributed by atoms with E-state index in [1.165, 1.54) is 46.6 Å². The van der Waals surface area contributed by atoms with Crippen molar-refractivity contribution < 1.29 is 53.3 Å². The first kappa shape index (κ1) is 89.7. The first-order valence-electron chi connectivity index (χ1n) is 39.6. The van der Waals surface area contributed by atoms with Crippen LogP contribution < -0.4 is 11.2 Å². The molecule has 14 aromatic rings. The number of aryl methyl sites for hydroxylation is 7. The molecule has 14 rings (SSSR count). The van der Waals surface area contributed by atoms with Crippen LogP contribution in [0.15, 0.2) is 261 Å². The number of ether oxygens (including phenoxy) is 5. The molecule has 0 spiro atoms. The van der Waals surface area contributed by atoms with Crippen molar-refractivity contribution in [3.05, 3.63) is 364 Å². The van der Waals surface area contributed by atoms with Gasteiger partial charge in [-0.1, -0.05) is 176 Å². The Labute approximate surface area is 704 Å². The number of carbonyl (C=O) groups is 2. The average molecular weight is 1630 g/mol. The van der Waals surface area contributed by atoms with E-state index in [0.717, 1.165) is 119 Å². The fourth-order valence-electron chi connectivity index (χ4n) is 14.5. The summed E-state index contributed by atoms with van der Waals surface area (Å²) in [4.78, 5) is 65.7. The maximum Gasteiger partial charge on any atom is 0.337 e. The largest absolute Gasteiger partial charge is 0.465 e. The number of rotatable bonds is 28. The smallest absolute Gasteiger partial charge is 0.337 e. The number of nitrogen functional groups attached to an aromatic ring is 1. The number of hydrogen-bond donors (Lipinski definition) is 3. The lowest BCUT2D eigenvalue weighted by atomic mass is 9.95. The molecule has 0 saturated carbocycles. The predicted octanol–water partition coefficient (Wildman–Crippen LogP) is 20.9. The number of hydrogen-bond acceptors (Lipinski definition) is 17. The number of nitrogens with two attached hydrogens (primary N) is 1. The number of imidazole rings is 2. The highest BCUT2D eigenvalue weighted by atomic mass is 16.6. The summed E-state index contributed by atoms with van der Waals surface area (Å²) in [6.07, 6.45) is 4.01. The Bertz CT molecular complexity index is 5560. The first-order valence-corrected chi connectivity index (χ1v) is 39.6. The van der Waals surface area contributed by atoms with E-state index in [1.807, 2.05) is 172 Å². The minimum absolute atomic E-state index is 0.0396. The number of benzene rings is 12. The highest BCUT2D eigenvalue weighted by molar-refractivity contribution is 5.94. The number of methoxy groups -OCH3 is 5. The molecule has 0 radical (unpaired) electrons. The minimum Gasteiger partial charge on any atom is -0.465 e. The van der Waals surface area contributed by atoms with Gasteiger partial charge in [0.15, 0.2) is 0 Å². The molecule has 23 heteroatoms. The van der Waals surface area contributed by atoms with Crippen LogP contribution in [0.4, 0.5) is 22.7 Å². The number of anilines is 1. The maximum atomic E-state index is 11.9. The zero-order valence-corrected chi connectivity index (χ0v) is 69.8. The second kappa shape index (κ2) is 44.2. The minimum atomic E-state index is -0.530. The van der Waals surface area contributed by atoms with E-state index < -0.39 is 10.8 Å². The number of nitrogens with zero attached hydrogens (tertiary/aromatic N) is 7. The summed E-state index contributed by atoms with van der Waals surface area (Å²) in [5.41, 5.74) is 32.4. The third kappa shape index (κ3) is 23.8. The Balaban J connectivity index is 0.000000162. The van der Waals surface area contributed by atoms with Gasteiger partial charge in [-0.3, -0.25) is 40.3 Å². The molecule has 0 fully saturated rings. The van der Waals surface area contributed by atoms with Gasteiger partial charge < -0.3 is 38.6 Å². The second-order valence-electron chi connectivity index (χ2n) is 29.0. The summed E-state index contributed by atoms with van der Waals surface area (Å²) >= 11 is 0. The standard InChI is InChI=1S/C26H26N2O3.C25H25N3O3.2C17H19NO3.C13H12N2O2/c1-18-14-23-24(17-22(18)20-9-5-4-6-10-20)28(12-13-30-2)25(27-23)16-19-8-7-11-21(15-19)26(29)31-3;1-17-13-22-23(16-21(17)19-8-4-3-5-9-19)28(11-12-31-2)24(26-22)15-18-7-6-10-20(14-18)25(29)27-30;2*1-13-11-17(18(19)20)15(9-6-10-21-2)12-16(13)14-7-4-3-5-8-14;1-9-7-13(15(16)17)12(14)8-11(9)10-5-3-2-4-6-10/h4-11,14-15,17H,12-13,16H2,1-3H3;3-10,13-14,16,30H,11-12,15H2,1-2H3,(H,27,29);2*3-5,7-8,11-12H,6,9-10H2,1-2H3;2-8H,14H2,1H3. The highest BCUT2D eigenvalue weighted by Gasteiger charge is 2.23. The van der Waals surface area contributed by atoms with Gasteiger partial charge >= 0.3 is 5.97 Å². The predicted molar refractivity (Wildman–Crippen MR) is 477 cm³/mol. The number of nitro groups is 3. The fourth-order valence-corrected chi connectivity index (χ4v) is 14.5. The highest BCUT2D eigenvalue weighted by Crippen LogP contribution is 2.37. The molecule has 2 heterocycles. The third-order valence-corrected chi connectivity index (χ3v) is 20.6. The van der Waals surface area contributed by atoms with Gasteiger partial charge in [0.25, 0.3) is 23.0 Å². The molecule has 0 aliphatic heterocycles. The zero-order valence-electron chi connectivity index (χ0n) is 69.8. The Morgan fingerprint density at radius 3 is 1.06 bits per heavy atom. The van der Waals surface area contributed by atoms with E-state index in [-0.39, 0.29) is 38.6 Å². The van der Waals surface area contributed by atoms with Crippen molar-refractivity contribution in [3.8, 4) is 55.6 Å². The van der Waals surface area contributed by atoms with Crippen LogP contribution in [0.25, 0.3) is 77.7 Å². The molecule has 4 N–H and O–H groups in total. The topological polar surface area (TPSA) is 304 Å². The van der Waals surface area contributed by atoms with Crippen LogP contribution >= 0.6 is 0 Å². The Hall–Kier alpha value is -13.7. The molecule has 0 aliphatic rings. The Kier molecular flexibility index (Phi) is 32.8. The van der Waals surface area contributed by atoms with E-state index in [2.05, 4.69) is 83.6 Å². The van der Waals surface area contributed by atoms with Crippen LogP contribution in [0.5, 0.6) is 0 Å².